The van der Waals surface area contributed by atoms with E-state index < -0.39 is 0 Å². The molecule has 6 aromatic carbocycles. The number of thioether (sulfide) groups is 1. The summed E-state index contributed by atoms with van der Waals surface area (Å²) in [6.45, 7) is 0. The summed E-state index contributed by atoms with van der Waals surface area (Å²) < 4.78 is 8.63. The van der Waals surface area contributed by atoms with Crippen molar-refractivity contribution in [3.05, 3.63) is 139 Å². The number of hydrogen-bond donors (Lipinski definition) is 0. The molecule has 8 aromatic rings. The minimum atomic E-state index is 0.934. The highest BCUT2D eigenvalue weighted by molar-refractivity contribution is 7.97. The molecule has 0 saturated heterocycles. The SMILES string of the molecule is c1ccc2c(c1)oc1cccc(-c3ccc4c(c3)-c3ccc(-n5c6ccccc6c6ccccc65)cc3CSC4)c12. The van der Waals surface area contributed by atoms with Crippen LogP contribution in [0.4, 0.5) is 0 Å². The van der Waals surface area contributed by atoms with Crippen LogP contribution in [0.15, 0.2) is 132 Å². The van der Waals surface area contributed by atoms with Crippen LogP contribution >= 0.6 is 11.8 Å². The monoisotopic (exact) mass is 543 g/mol. The second-order valence-electron chi connectivity index (χ2n) is 10.9. The molecule has 194 valence electrons. The molecule has 0 spiro atoms. The van der Waals surface area contributed by atoms with Gasteiger partial charge in [0.15, 0.2) is 0 Å². The van der Waals surface area contributed by atoms with Gasteiger partial charge in [-0.2, -0.15) is 11.8 Å². The summed E-state index contributed by atoms with van der Waals surface area (Å²) in [5.41, 5.74) is 13.5. The number of aromatic nitrogens is 1. The standard InChI is InChI=1S/C38H25NOS/c1-4-12-34-30(8-1)31-9-2-5-13-35(31)39(34)27-18-19-28-26(20-27)23-41-22-25-17-16-24(21-33(25)28)29-11-7-15-37-38(29)32-10-3-6-14-36(32)40-37/h1-21H,22-23H2. The highest BCUT2D eigenvalue weighted by Gasteiger charge is 2.19. The fraction of sp³-hybridized carbons (Fsp3) is 0.0526. The molecule has 0 bridgehead atoms. The zero-order valence-corrected chi connectivity index (χ0v) is 23.1. The van der Waals surface area contributed by atoms with Crippen molar-refractivity contribution in [3.8, 4) is 27.9 Å². The molecule has 0 radical (unpaired) electrons. The maximum atomic E-state index is 6.21. The third-order valence-corrected chi connectivity index (χ3v) is 9.59. The fourth-order valence-corrected chi connectivity index (χ4v) is 7.74. The van der Waals surface area contributed by atoms with Crippen LogP contribution in [-0.2, 0) is 11.5 Å². The van der Waals surface area contributed by atoms with E-state index in [4.69, 9.17) is 4.42 Å². The van der Waals surface area contributed by atoms with Gasteiger partial charge in [0, 0.05) is 38.7 Å². The lowest BCUT2D eigenvalue weighted by Crippen LogP contribution is -1.97. The molecule has 3 heteroatoms. The van der Waals surface area contributed by atoms with E-state index in [-0.39, 0.29) is 0 Å². The summed E-state index contributed by atoms with van der Waals surface area (Å²) in [7, 11) is 0. The van der Waals surface area contributed by atoms with Crippen molar-refractivity contribution in [2.24, 2.45) is 0 Å². The molecule has 1 aliphatic rings. The Morgan fingerprint density at radius 1 is 0.512 bits per heavy atom. The van der Waals surface area contributed by atoms with Gasteiger partial charge in [0.1, 0.15) is 11.2 Å². The van der Waals surface area contributed by atoms with Crippen LogP contribution in [0.2, 0.25) is 0 Å². The van der Waals surface area contributed by atoms with E-state index in [1.807, 2.05) is 17.8 Å². The Bertz CT molecular complexity index is 2250. The van der Waals surface area contributed by atoms with Crippen LogP contribution in [0.5, 0.6) is 0 Å². The number of hydrogen-bond acceptors (Lipinski definition) is 2. The van der Waals surface area contributed by atoms with Crippen molar-refractivity contribution in [2.75, 3.05) is 0 Å². The maximum Gasteiger partial charge on any atom is 0.136 e. The molecule has 0 amide bonds. The highest BCUT2D eigenvalue weighted by Crippen LogP contribution is 2.42. The van der Waals surface area contributed by atoms with Gasteiger partial charge >= 0.3 is 0 Å². The van der Waals surface area contributed by atoms with Crippen LogP contribution in [-0.4, -0.2) is 4.57 Å². The first-order valence-corrected chi connectivity index (χ1v) is 15.2. The minimum Gasteiger partial charge on any atom is -0.456 e. The molecule has 0 saturated carbocycles. The van der Waals surface area contributed by atoms with Crippen LogP contribution < -0.4 is 0 Å². The summed E-state index contributed by atoms with van der Waals surface area (Å²) in [5, 5.41) is 4.94. The molecule has 0 unspecified atom stereocenters. The Morgan fingerprint density at radius 3 is 2.05 bits per heavy atom. The first-order valence-electron chi connectivity index (χ1n) is 14.1. The van der Waals surface area contributed by atoms with Crippen molar-refractivity contribution in [2.45, 2.75) is 11.5 Å². The number of para-hydroxylation sites is 3. The van der Waals surface area contributed by atoms with Crippen molar-refractivity contribution in [1.29, 1.82) is 0 Å². The number of furan rings is 1. The van der Waals surface area contributed by atoms with Gasteiger partial charge in [-0.1, -0.05) is 84.9 Å². The highest BCUT2D eigenvalue weighted by atomic mass is 32.2. The van der Waals surface area contributed by atoms with Gasteiger partial charge in [-0.3, -0.25) is 0 Å². The smallest absolute Gasteiger partial charge is 0.136 e. The molecule has 0 atom stereocenters. The molecular formula is C38H25NOS. The first-order chi connectivity index (χ1) is 20.3. The van der Waals surface area contributed by atoms with E-state index in [0.29, 0.717) is 0 Å². The van der Waals surface area contributed by atoms with Crippen molar-refractivity contribution < 1.29 is 4.42 Å². The maximum absolute atomic E-state index is 6.21. The Labute approximate surface area is 241 Å². The molecule has 0 fully saturated rings. The zero-order chi connectivity index (χ0) is 26.9. The Hall–Kier alpha value is -4.73. The predicted molar refractivity (Wildman–Crippen MR) is 174 cm³/mol. The Kier molecular flexibility index (Phi) is 4.99. The summed E-state index contributed by atoms with van der Waals surface area (Å²) in [5.74, 6) is 2.00. The molecule has 0 N–H and O–H groups in total. The lowest BCUT2D eigenvalue weighted by atomic mass is 9.91. The summed E-state index contributed by atoms with van der Waals surface area (Å²) >= 11 is 2.00. The first kappa shape index (κ1) is 23.0. The third kappa shape index (κ3) is 3.46. The molecule has 1 aliphatic heterocycles. The van der Waals surface area contributed by atoms with E-state index >= 15 is 0 Å². The number of rotatable bonds is 2. The predicted octanol–water partition coefficient (Wildman–Crippen LogP) is 10.8. The normalized spacial score (nSPS) is 13.1. The summed E-state index contributed by atoms with van der Waals surface area (Å²) in [6.07, 6.45) is 0. The lowest BCUT2D eigenvalue weighted by Gasteiger charge is -2.15. The topological polar surface area (TPSA) is 18.1 Å². The second-order valence-corrected chi connectivity index (χ2v) is 11.8. The quantitative estimate of drug-likeness (QED) is 0.216. The van der Waals surface area contributed by atoms with Gasteiger partial charge in [0.25, 0.3) is 0 Å². The third-order valence-electron chi connectivity index (χ3n) is 8.56. The van der Waals surface area contributed by atoms with Gasteiger partial charge in [0.2, 0.25) is 0 Å². The number of nitrogens with zero attached hydrogens (tertiary/aromatic N) is 1. The van der Waals surface area contributed by atoms with Gasteiger partial charge in [-0.05, 0) is 75.8 Å². The Balaban J connectivity index is 1.23. The van der Waals surface area contributed by atoms with Crippen LogP contribution in [0, 0.1) is 0 Å². The molecule has 2 aromatic heterocycles. The average Bonchev–Trinajstić information content (AvgIpc) is 3.51. The molecule has 9 rings (SSSR count). The lowest BCUT2D eigenvalue weighted by molar-refractivity contribution is 0.669. The van der Waals surface area contributed by atoms with E-state index in [1.54, 1.807) is 0 Å². The molecule has 0 aliphatic carbocycles. The van der Waals surface area contributed by atoms with Crippen LogP contribution in [0.1, 0.15) is 11.1 Å². The van der Waals surface area contributed by atoms with Gasteiger partial charge in [-0.15, -0.1) is 0 Å². The van der Waals surface area contributed by atoms with Crippen molar-refractivity contribution in [1.82, 2.24) is 4.57 Å². The van der Waals surface area contributed by atoms with Gasteiger partial charge < -0.3 is 8.98 Å². The largest absolute Gasteiger partial charge is 0.456 e. The Morgan fingerprint density at radius 2 is 1.22 bits per heavy atom. The summed E-state index contributed by atoms with van der Waals surface area (Å²) in [6, 6.07) is 46.3. The second kappa shape index (κ2) is 8.89. The molecule has 2 nitrogen and oxygen atoms in total. The van der Waals surface area contributed by atoms with Crippen LogP contribution in [0.25, 0.3) is 71.7 Å². The van der Waals surface area contributed by atoms with Gasteiger partial charge in [0.05, 0.1) is 11.0 Å². The molecular weight excluding hydrogens is 518 g/mol. The van der Waals surface area contributed by atoms with E-state index in [1.165, 1.54) is 71.6 Å². The van der Waals surface area contributed by atoms with Crippen LogP contribution in [0.3, 0.4) is 0 Å². The minimum absolute atomic E-state index is 0.934. The summed E-state index contributed by atoms with van der Waals surface area (Å²) in [4.78, 5) is 0. The van der Waals surface area contributed by atoms with E-state index in [9.17, 15) is 0 Å². The molecule has 3 heterocycles. The van der Waals surface area contributed by atoms with Crippen molar-refractivity contribution >= 4 is 55.5 Å². The average molecular weight is 544 g/mol. The van der Waals surface area contributed by atoms with E-state index in [0.717, 1.165) is 22.7 Å². The number of fused-ring (bicyclic) bond motifs is 9. The van der Waals surface area contributed by atoms with Gasteiger partial charge in [-0.25, -0.2) is 0 Å². The molecule has 41 heavy (non-hydrogen) atoms. The fourth-order valence-electron chi connectivity index (χ4n) is 6.71. The van der Waals surface area contributed by atoms with Crippen molar-refractivity contribution in [3.63, 3.8) is 0 Å². The number of benzene rings is 6. The zero-order valence-electron chi connectivity index (χ0n) is 22.3. The van der Waals surface area contributed by atoms with E-state index in [2.05, 4.69) is 126 Å².